The molecule has 0 amide bonds. The van der Waals surface area contributed by atoms with Crippen molar-refractivity contribution in [3.05, 3.63) is 130 Å². The molecular weight excluding hydrogens is 1710 g/mol. The Morgan fingerprint density at radius 1 is 0.390 bits per heavy atom. The molecule has 0 saturated heterocycles. The van der Waals surface area contributed by atoms with E-state index in [4.69, 9.17) is 38.9 Å². The van der Waals surface area contributed by atoms with Crippen LogP contribution in [0.5, 0.6) is 0 Å². The van der Waals surface area contributed by atoms with Crippen LogP contribution in [0.2, 0.25) is 38.3 Å². The second kappa shape index (κ2) is 39.2. The number of carbonyl (C=O) groups excluding carboxylic acids is 1. The number of rotatable bonds is 52. The van der Waals surface area contributed by atoms with Crippen LogP contribution in [-0.4, -0.2) is 286 Å². The van der Waals surface area contributed by atoms with Gasteiger partial charge in [-0.15, -0.1) is 0 Å². The summed E-state index contributed by atoms with van der Waals surface area (Å²) in [5.41, 5.74) is 3.86. The van der Waals surface area contributed by atoms with Crippen molar-refractivity contribution < 1.29 is 208 Å². The number of ether oxygens (including phenoxy) is 5. The first-order valence-electron chi connectivity index (χ1n) is 39.3. The molecular formula is C74H103N10Na3O23S5Si3. The summed E-state index contributed by atoms with van der Waals surface area (Å²) in [6, 6.07) is 32.5. The summed E-state index contributed by atoms with van der Waals surface area (Å²) in [4.78, 5) is 34.9. The summed E-state index contributed by atoms with van der Waals surface area (Å²) in [6.45, 7) is 13.0. The van der Waals surface area contributed by atoms with Gasteiger partial charge in [0.15, 0.2) is 0 Å². The average molecular weight is 1810 g/mol. The van der Waals surface area contributed by atoms with Crippen molar-refractivity contribution in [2.45, 2.75) is 122 Å². The van der Waals surface area contributed by atoms with E-state index in [0.29, 0.717) is 104 Å². The Balaban J connectivity index is 0.00000529. The summed E-state index contributed by atoms with van der Waals surface area (Å²) < 4.78 is 239. The van der Waals surface area contributed by atoms with E-state index in [2.05, 4.69) is 47.9 Å². The number of esters is 1. The second-order valence-electron chi connectivity index (χ2n) is 32.0. The maximum absolute atomic E-state index is 12.2. The quantitative estimate of drug-likeness (QED) is 0.0117. The number of aromatic nitrogens is 2. The van der Waals surface area contributed by atoms with Crippen LogP contribution in [0.4, 0.5) is 11.6 Å². The number of fused-ring (bicyclic) bond motifs is 12. The van der Waals surface area contributed by atoms with Gasteiger partial charge in [-0.2, -0.15) is 0 Å². The molecule has 6 aliphatic rings. The zero-order valence-electron chi connectivity index (χ0n) is 68.6. The number of hydrogen-bond donors (Lipinski definition) is 0. The van der Waals surface area contributed by atoms with Crippen molar-refractivity contribution in [2.75, 3.05) is 141 Å². The Morgan fingerprint density at radius 3 is 1.03 bits per heavy atom. The number of aliphatic imine (C=N–C) groups is 2. The molecule has 0 saturated carbocycles. The maximum atomic E-state index is 12.2. The first-order valence-corrected chi connectivity index (χ1v) is 56.0. The Kier molecular flexibility index (Phi) is 32.7. The molecule has 1 spiro atoms. The van der Waals surface area contributed by atoms with Crippen LogP contribution >= 0.6 is 0 Å². The molecule has 0 fully saturated rings. The number of amidine groups is 4. The Hall–Kier alpha value is -3.41. The molecule has 33 nitrogen and oxygen atoms in total. The summed E-state index contributed by atoms with van der Waals surface area (Å²) in [6.07, 6.45) is 2.21. The third-order valence-corrected chi connectivity index (χ3v) is 43.4. The Morgan fingerprint density at radius 2 is 0.686 bits per heavy atom. The summed E-state index contributed by atoms with van der Waals surface area (Å²) in [5, 5.41) is 2.91. The second-order valence-corrected chi connectivity index (χ2v) is 53.9. The number of benzene rings is 4. The van der Waals surface area contributed by atoms with Gasteiger partial charge in [-0.05, 0) is 0 Å². The van der Waals surface area contributed by atoms with E-state index >= 15 is 0 Å². The molecule has 632 valence electrons. The van der Waals surface area contributed by atoms with Crippen LogP contribution in [-0.2, 0) is 87.3 Å². The smallest absolute Gasteiger partial charge is 1.00 e. The van der Waals surface area contributed by atoms with Crippen LogP contribution in [0.15, 0.2) is 117 Å². The van der Waals surface area contributed by atoms with Crippen LogP contribution in [0.25, 0.3) is 21.5 Å². The zero-order valence-corrected chi connectivity index (χ0v) is 81.7. The minimum Gasteiger partial charge on any atom is 1.00 e. The fraction of sp³-hybridized carbons (Fsp3) is 0.554. The molecule has 6 aliphatic heterocycles. The van der Waals surface area contributed by atoms with Crippen molar-refractivity contribution in [1.82, 2.24) is 8.47 Å². The molecule has 0 unspecified atom stereocenters. The topological polar surface area (TPSA) is 433 Å². The first kappa shape index (κ1) is 98.4. The molecule has 0 bridgehead atoms. The predicted molar refractivity (Wildman–Crippen MR) is 431 cm³/mol. The van der Waals surface area contributed by atoms with E-state index in [9.17, 15) is 77.9 Å². The molecule has 4 aromatic carbocycles. The number of hydrogen-bond acceptors (Lipinski definition) is 27. The van der Waals surface area contributed by atoms with Crippen molar-refractivity contribution >= 4 is 137 Å². The van der Waals surface area contributed by atoms with Gasteiger partial charge in [0.1, 0.15) is 0 Å². The van der Waals surface area contributed by atoms with Gasteiger partial charge in [0.25, 0.3) is 0 Å². The van der Waals surface area contributed by atoms with E-state index in [0.717, 1.165) is 43.8 Å². The number of nitrogens with zero attached hydrogens (tertiary/aromatic N) is 10. The molecule has 12 rings (SSSR count). The molecule has 0 radical (unpaired) electrons. The summed E-state index contributed by atoms with van der Waals surface area (Å²) >= 11 is 0. The van der Waals surface area contributed by atoms with Crippen molar-refractivity contribution in [1.29, 1.82) is 0 Å². The van der Waals surface area contributed by atoms with Gasteiger partial charge >= 0.3 is 701 Å². The molecule has 8 heterocycles. The van der Waals surface area contributed by atoms with Gasteiger partial charge in [0.05, 0.1) is 46.6 Å². The molecule has 6 aromatic rings. The van der Waals surface area contributed by atoms with Crippen LogP contribution in [0, 0.1) is 0 Å². The standard InChI is InChI=1S/C74H106N10O23S5Si3.3Na/c1-101-66(85)34-43-102-45-47-104-49-50-105-48-46-103-44-42-84(38-17-22-54-111(95,96)97,39-18-23-55-112(98,99)100)41-25-57-114(4,5)107-115(106-113(2,3)56-24-40-83(35-14-19-51-108(86,87)88,36-15-20-52-109(89,90)91)37-16-21-53-110(92,93)94)79-67-58-26-6-7-27-59(58)68(79)76-70-62-30-10-11-31-63(62)72(81(70)115)78-74-65-33-13-12-32-64(65)73(82(74)115)77-71-61-29-9-8-28-60(61)69(75-67)80(71)115;;;/h6-13,26-33H,14-25,34-57H2,1-5H3,(H3-2,86,87,88,89,90,91,92,93,94,95,96,97,98,99,100);;;/q;3*+1/p-3. The van der Waals surface area contributed by atoms with Crippen molar-refractivity contribution in [3.63, 3.8) is 0 Å². The predicted octanol–water partition coefficient (Wildman–Crippen LogP) is -3.55. The third-order valence-electron chi connectivity index (χ3n) is 22.8. The van der Waals surface area contributed by atoms with Gasteiger partial charge in [0, 0.05) is 0 Å². The van der Waals surface area contributed by atoms with Crippen molar-refractivity contribution in [2.24, 2.45) is 20.0 Å². The maximum Gasteiger partial charge on any atom is 1.00 e. The average Bonchev–Trinajstić information content (AvgIpc) is 1.32. The third kappa shape index (κ3) is 21.1. The van der Waals surface area contributed by atoms with Crippen LogP contribution in [0.3, 0.4) is 0 Å². The number of unbranched alkanes of at least 4 members (excludes halogenated alkanes) is 5. The van der Waals surface area contributed by atoms with Gasteiger partial charge in [0.2, 0.25) is 0 Å². The van der Waals surface area contributed by atoms with Crippen LogP contribution < -0.4 is 99.6 Å². The minimum absolute atomic E-state index is 0. The monoisotopic (exact) mass is 1810 g/mol. The Bertz CT molecular complexity index is 5310. The van der Waals surface area contributed by atoms with E-state index in [1.54, 1.807) is 0 Å². The number of methoxy groups -OCH3 is 1. The zero-order chi connectivity index (χ0) is 82.6. The fourth-order valence-corrected chi connectivity index (χ4v) is 43.2. The van der Waals surface area contributed by atoms with Gasteiger partial charge in [-0.1, -0.05) is 0 Å². The normalized spacial score (nSPS) is 16.6. The van der Waals surface area contributed by atoms with Crippen LogP contribution in [0.1, 0.15) is 106 Å². The van der Waals surface area contributed by atoms with E-state index in [1.807, 2.05) is 97.1 Å². The molecule has 118 heavy (non-hydrogen) atoms. The minimum atomic E-state index is -7.47. The van der Waals surface area contributed by atoms with Gasteiger partial charge in [-0.3, -0.25) is 4.79 Å². The molecule has 0 N–H and O–H groups in total. The number of carbonyl (C=O) groups is 1. The molecule has 2 aromatic heterocycles. The molecule has 44 heteroatoms. The van der Waals surface area contributed by atoms with Crippen molar-refractivity contribution in [3.8, 4) is 0 Å². The molecule has 0 atom stereocenters. The first-order chi connectivity index (χ1) is 54.3. The van der Waals surface area contributed by atoms with E-state index < -0.39 is 104 Å². The number of quaternary nitrogens is 2. The van der Waals surface area contributed by atoms with Gasteiger partial charge in [-0.25, -0.2) is 0 Å². The molecule has 0 aliphatic carbocycles. The SMILES string of the molecule is COC(=O)CCOCCOCCOCCOCC[N+](CCCCS(=O)(=O)[O-])(CCCCS(=O)(=O)[O-])CCC[Si](C)(C)O[Si-2]123(O[Si](C)(C)CCC[N+](CCCCS(=O)(=O)[O-])(CCCCS(=O)(=O)[O-])CCCCS(=O)(=O)[O-])n4c5c6ccccc6c4N=C4c6ccccc6C(=[N+]41)N=c1c4ccccc4c(n12)=NC1=[N+]3C(=N5)c2ccccc21.[Na+].[Na+].[Na+]. The van der Waals surface area contributed by atoms with E-state index in [1.165, 1.54) is 7.11 Å². The summed E-state index contributed by atoms with van der Waals surface area (Å²) in [5.74, 6) is -0.683. The largest absolute Gasteiger partial charge is 1.00 e. The fourth-order valence-electron chi connectivity index (χ4n) is 18.2. The summed E-state index contributed by atoms with van der Waals surface area (Å²) in [7, 11) is -36.9. The van der Waals surface area contributed by atoms with Gasteiger partial charge < -0.3 is 14.2 Å². The van der Waals surface area contributed by atoms with E-state index in [-0.39, 0.29) is 247 Å². The Labute approximate surface area is 758 Å².